The fraction of sp³-hybridized carbons (Fsp3) is 0.375. The van der Waals surface area contributed by atoms with Crippen LogP contribution < -0.4 is 21.8 Å². The van der Waals surface area contributed by atoms with Gasteiger partial charge in [0.1, 0.15) is 5.02 Å². The third kappa shape index (κ3) is 9.60. The lowest BCUT2D eigenvalue weighted by Gasteiger charge is -2.13. The molecule has 0 aliphatic rings. The van der Waals surface area contributed by atoms with Crippen LogP contribution in [0.1, 0.15) is 70.7 Å². The van der Waals surface area contributed by atoms with Crippen LogP contribution >= 0.6 is 11.6 Å². The van der Waals surface area contributed by atoms with Crippen molar-refractivity contribution in [2.75, 3.05) is 10.6 Å². The zero-order valence-electron chi connectivity index (χ0n) is 25.5. The minimum atomic E-state index is -0.313. The SMILES string of the molecule is CC.CCCc1nn(C)c(=O)cc1Nc1ccc(C(C)C)cc1.CCc1ccc(Nc2cnn(C)c(=O)c2Cl)cc1. The maximum atomic E-state index is 11.8. The van der Waals surface area contributed by atoms with Gasteiger partial charge < -0.3 is 10.6 Å². The van der Waals surface area contributed by atoms with E-state index < -0.39 is 0 Å². The first kappa shape index (κ1) is 33.3. The molecule has 4 rings (SSSR count). The topological polar surface area (TPSA) is 93.8 Å². The first-order chi connectivity index (χ1) is 19.6. The smallest absolute Gasteiger partial charge is 0.287 e. The number of anilines is 4. The number of aromatic nitrogens is 4. The van der Waals surface area contributed by atoms with Crippen LogP contribution in [-0.2, 0) is 26.9 Å². The summed E-state index contributed by atoms with van der Waals surface area (Å²) < 4.78 is 2.59. The molecule has 0 saturated heterocycles. The Morgan fingerprint density at radius 3 is 1.95 bits per heavy atom. The van der Waals surface area contributed by atoms with Gasteiger partial charge in [-0.3, -0.25) is 9.59 Å². The van der Waals surface area contributed by atoms with Gasteiger partial charge in [0.25, 0.3) is 11.1 Å². The van der Waals surface area contributed by atoms with Crippen LogP contribution in [0, 0.1) is 0 Å². The predicted molar refractivity (Wildman–Crippen MR) is 172 cm³/mol. The van der Waals surface area contributed by atoms with Crippen molar-refractivity contribution in [3.8, 4) is 0 Å². The van der Waals surface area contributed by atoms with Crippen molar-refractivity contribution in [1.29, 1.82) is 0 Å². The summed E-state index contributed by atoms with van der Waals surface area (Å²) in [7, 11) is 3.25. The van der Waals surface area contributed by atoms with Gasteiger partial charge in [-0.2, -0.15) is 10.2 Å². The number of rotatable bonds is 8. The Morgan fingerprint density at radius 1 is 0.854 bits per heavy atom. The van der Waals surface area contributed by atoms with Crippen molar-refractivity contribution in [3.63, 3.8) is 0 Å². The third-order valence-corrected chi connectivity index (χ3v) is 6.60. The highest BCUT2D eigenvalue weighted by molar-refractivity contribution is 6.33. The Balaban J connectivity index is 0.000000273. The van der Waals surface area contributed by atoms with Crippen LogP contribution in [0.2, 0.25) is 5.02 Å². The van der Waals surface area contributed by atoms with Crippen LogP contribution in [0.15, 0.2) is 70.4 Å². The van der Waals surface area contributed by atoms with E-state index in [-0.39, 0.29) is 16.1 Å². The zero-order chi connectivity index (χ0) is 30.5. The molecule has 41 heavy (non-hydrogen) atoms. The molecule has 0 aliphatic carbocycles. The lowest BCUT2D eigenvalue weighted by atomic mass is 10.0. The highest BCUT2D eigenvalue weighted by Crippen LogP contribution is 2.23. The molecule has 0 saturated carbocycles. The molecule has 2 N–H and O–H groups in total. The van der Waals surface area contributed by atoms with Gasteiger partial charge in [0.05, 0.1) is 23.3 Å². The predicted octanol–water partition coefficient (Wildman–Crippen LogP) is 7.37. The van der Waals surface area contributed by atoms with Crippen molar-refractivity contribution >= 4 is 34.4 Å². The molecule has 0 spiro atoms. The minimum absolute atomic E-state index is 0.101. The molecule has 0 radical (unpaired) electrons. The Bertz CT molecular complexity index is 1490. The van der Waals surface area contributed by atoms with Crippen molar-refractivity contribution in [2.45, 2.75) is 66.7 Å². The molecule has 0 aliphatic heterocycles. The molecule has 9 heteroatoms. The lowest BCUT2D eigenvalue weighted by Crippen LogP contribution is -2.21. The molecule has 4 aromatic rings. The quantitative estimate of drug-likeness (QED) is 0.227. The van der Waals surface area contributed by atoms with Gasteiger partial charge in [-0.1, -0.05) is 83.8 Å². The highest BCUT2D eigenvalue weighted by Gasteiger charge is 2.09. The van der Waals surface area contributed by atoms with Crippen molar-refractivity contribution in [3.05, 3.63) is 103 Å². The van der Waals surface area contributed by atoms with E-state index >= 15 is 0 Å². The van der Waals surface area contributed by atoms with Gasteiger partial charge in [0.15, 0.2) is 0 Å². The van der Waals surface area contributed by atoms with Crippen molar-refractivity contribution in [1.82, 2.24) is 19.6 Å². The second-order valence-corrected chi connectivity index (χ2v) is 9.97. The molecule has 2 heterocycles. The fourth-order valence-corrected chi connectivity index (χ4v) is 4.02. The standard InChI is InChI=1S/C17H23N3O.C13H14ClN3O.C2H6/c1-5-6-15-16(11-17(21)20(4)19-15)18-14-9-7-13(8-10-14)12(2)3;1-3-9-4-6-10(7-5-9)16-11-8-15-17(2)13(18)12(11)14;1-2/h7-12,18H,5-6H2,1-4H3;4-8,16H,3H2,1-2H3;1-2H3. The first-order valence-corrected chi connectivity index (χ1v) is 14.5. The second-order valence-electron chi connectivity index (χ2n) is 9.59. The van der Waals surface area contributed by atoms with Crippen LogP contribution in [0.25, 0.3) is 0 Å². The zero-order valence-corrected chi connectivity index (χ0v) is 26.2. The molecule has 8 nitrogen and oxygen atoms in total. The number of nitrogens with zero attached hydrogens (tertiary/aromatic N) is 4. The molecule has 0 bridgehead atoms. The largest absolute Gasteiger partial charge is 0.354 e. The first-order valence-electron chi connectivity index (χ1n) is 14.1. The lowest BCUT2D eigenvalue weighted by molar-refractivity contribution is 0.673. The van der Waals surface area contributed by atoms with Gasteiger partial charge in [0.2, 0.25) is 0 Å². The number of aryl methyl sites for hydroxylation is 4. The van der Waals surface area contributed by atoms with Crippen molar-refractivity contribution in [2.24, 2.45) is 14.1 Å². The maximum Gasteiger partial charge on any atom is 0.287 e. The highest BCUT2D eigenvalue weighted by atomic mass is 35.5. The second kappa shape index (κ2) is 16.4. The summed E-state index contributed by atoms with van der Waals surface area (Å²) in [5.74, 6) is 0.514. The Labute approximate surface area is 248 Å². The van der Waals surface area contributed by atoms with Gasteiger partial charge in [-0.25, -0.2) is 9.36 Å². The van der Waals surface area contributed by atoms with E-state index in [2.05, 4.69) is 60.7 Å². The summed E-state index contributed by atoms with van der Waals surface area (Å²) in [6.45, 7) is 12.6. The summed E-state index contributed by atoms with van der Waals surface area (Å²) >= 11 is 5.97. The van der Waals surface area contributed by atoms with E-state index in [1.807, 2.05) is 50.2 Å². The molecule has 2 aromatic heterocycles. The average molecular weight is 579 g/mol. The number of hydrogen-bond acceptors (Lipinski definition) is 6. The van der Waals surface area contributed by atoms with Crippen LogP contribution in [0.3, 0.4) is 0 Å². The van der Waals surface area contributed by atoms with E-state index in [1.165, 1.54) is 26.7 Å². The molecular formula is C32H43ClN6O2. The van der Waals surface area contributed by atoms with Crippen LogP contribution in [0.4, 0.5) is 22.7 Å². The molecule has 220 valence electrons. The normalized spacial score (nSPS) is 10.3. The average Bonchev–Trinajstić information content (AvgIpc) is 2.98. The van der Waals surface area contributed by atoms with Gasteiger partial charge in [-0.05, 0) is 54.2 Å². The van der Waals surface area contributed by atoms with E-state index in [9.17, 15) is 9.59 Å². The summed E-state index contributed by atoms with van der Waals surface area (Å²) in [5, 5.41) is 14.8. The van der Waals surface area contributed by atoms with Crippen molar-refractivity contribution < 1.29 is 0 Å². The number of halogens is 1. The molecule has 0 atom stereocenters. The Morgan fingerprint density at radius 2 is 1.41 bits per heavy atom. The molecule has 0 unspecified atom stereocenters. The number of hydrogen-bond donors (Lipinski definition) is 2. The summed E-state index contributed by atoms with van der Waals surface area (Å²) in [6.07, 6.45) is 4.37. The summed E-state index contributed by atoms with van der Waals surface area (Å²) in [4.78, 5) is 23.4. The van der Waals surface area contributed by atoms with Crippen LogP contribution in [0.5, 0.6) is 0 Å². The summed E-state index contributed by atoms with van der Waals surface area (Å²) in [5.41, 5.74) is 6.25. The fourth-order valence-electron chi connectivity index (χ4n) is 3.80. The van der Waals surface area contributed by atoms with Gasteiger partial charge in [0, 0.05) is 31.5 Å². The van der Waals surface area contributed by atoms with Gasteiger partial charge in [-0.15, -0.1) is 0 Å². The van der Waals surface area contributed by atoms with Crippen LogP contribution in [-0.4, -0.2) is 19.6 Å². The monoisotopic (exact) mass is 578 g/mol. The molecule has 2 aromatic carbocycles. The third-order valence-electron chi connectivity index (χ3n) is 6.23. The van der Waals surface area contributed by atoms with E-state index in [4.69, 9.17) is 11.6 Å². The van der Waals surface area contributed by atoms with E-state index in [0.717, 1.165) is 42.0 Å². The molecular weight excluding hydrogens is 536 g/mol. The van der Waals surface area contributed by atoms with Gasteiger partial charge >= 0.3 is 0 Å². The van der Waals surface area contributed by atoms with E-state index in [1.54, 1.807) is 20.2 Å². The summed E-state index contributed by atoms with van der Waals surface area (Å²) in [6, 6.07) is 17.9. The number of benzene rings is 2. The van der Waals surface area contributed by atoms with E-state index in [0.29, 0.717) is 11.6 Å². The minimum Gasteiger partial charge on any atom is -0.354 e. The Kier molecular flexibility index (Phi) is 13.3. The molecule has 0 amide bonds. The molecule has 0 fully saturated rings. The maximum absolute atomic E-state index is 11.8. The number of nitrogens with one attached hydrogen (secondary N) is 2. The Hall–Kier alpha value is -3.91.